The molecule has 0 aliphatic carbocycles. The van der Waals surface area contributed by atoms with Crippen molar-refractivity contribution in [3.63, 3.8) is 0 Å². The number of pyridine rings is 1. The van der Waals surface area contributed by atoms with Gasteiger partial charge in [-0.05, 0) is 43.7 Å². The molecule has 1 aromatic carbocycles. The van der Waals surface area contributed by atoms with Crippen LogP contribution in [-0.4, -0.2) is 24.1 Å². The fourth-order valence-corrected chi connectivity index (χ4v) is 2.31. The number of hydroxylamine groups is 1. The summed E-state index contributed by atoms with van der Waals surface area (Å²) in [5, 5.41) is 0. The highest BCUT2D eigenvalue weighted by atomic mass is 16.7. The molecule has 1 unspecified atom stereocenters. The third kappa shape index (κ3) is 3.43. The summed E-state index contributed by atoms with van der Waals surface area (Å²) < 4.78 is 11.2. The molecule has 120 valence electrons. The minimum absolute atomic E-state index is 0.256. The van der Waals surface area contributed by atoms with Crippen molar-refractivity contribution in [2.45, 2.75) is 20.0 Å². The van der Waals surface area contributed by atoms with E-state index in [0.717, 1.165) is 16.9 Å². The van der Waals surface area contributed by atoms with E-state index in [4.69, 9.17) is 14.3 Å². The number of aliphatic imine (C=N–C) groups is 1. The summed E-state index contributed by atoms with van der Waals surface area (Å²) in [4.78, 5) is 14.1. The molecule has 0 amide bonds. The number of benzene rings is 1. The zero-order chi connectivity index (χ0) is 16.1. The highest BCUT2D eigenvalue weighted by Crippen LogP contribution is 2.29. The molecular weight excluding hydrogens is 294 g/mol. The van der Waals surface area contributed by atoms with E-state index in [1.807, 2.05) is 44.2 Å². The lowest BCUT2D eigenvalue weighted by molar-refractivity contribution is 0.180. The zero-order valence-electron chi connectivity index (χ0n) is 13.2. The van der Waals surface area contributed by atoms with Crippen LogP contribution in [0, 0.1) is 0 Å². The quantitative estimate of drug-likeness (QED) is 0.888. The van der Waals surface area contributed by atoms with Crippen LogP contribution < -0.4 is 15.0 Å². The predicted molar refractivity (Wildman–Crippen MR) is 86.5 cm³/mol. The van der Waals surface area contributed by atoms with E-state index in [9.17, 15) is 0 Å². The van der Waals surface area contributed by atoms with Gasteiger partial charge in [0.25, 0.3) is 0 Å². The second-order valence-electron chi connectivity index (χ2n) is 4.86. The Labute approximate surface area is 135 Å². The summed E-state index contributed by atoms with van der Waals surface area (Å²) in [6.45, 7) is 5.04. The summed E-state index contributed by atoms with van der Waals surface area (Å²) in [6.07, 6.45) is 3.20. The molecule has 0 spiro atoms. The van der Waals surface area contributed by atoms with Crippen LogP contribution in [-0.2, 0) is 4.84 Å². The topological polar surface area (TPSA) is 65.0 Å². The van der Waals surface area contributed by atoms with Gasteiger partial charge in [-0.15, -0.1) is 5.48 Å². The molecule has 0 radical (unpaired) electrons. The van der Waals surface area contributed by atoms with E-state index in [-0.39, 0.29) is 6.17 Å². The predicted octanol–water partition coefficient (Wildman–Crippen LogP) is 2.86. The lowest BCUT2D eigenvalue weighted by atomic mass is 10.2. The number of rotatable bonds is 6. The average molecular weight is 313 g/mol. The molecule has 1 aromatic heterocycles. The molecule has 2 heterocycles. The first-order chi connectivity index (χ1) is 11.3. The van der Waals surface area contributed by atoms with Crippen LogP contribution in [0.25, 0.3) is 0 Å². The minimum Gasteiger partial charge on any atom is -0.494 e. The van der Waals surface area contributed by atoms with E-state index in [2.05, 4.69) is 15.5 Å². The number of nitrogens with one attached hydrogen (secondary N) is 1. The molecule has 1 aliphatic rings. The van der Waals surface area contributed by atoms with Gasteiger partial charge in [-0.25, -0.2) is 4.99 Å². The summed E-state index contributed by atoms with van der Waals surface area (Å²) in [7, 11) is 0. The summed E-state index contributed by atoms with van der Waals surface area (Å²) in [5.41, 5.74) is 4.69. The molecule has 3 rings (SSSR count). The molecule has 1 aliphatic heterocycles. The van der Waals surface area contributed by atoms with E-state index in [1.54, 1.807) is 12.4 Å². The van der Waals surface area contributed by atoms with Crippen molar-refractivity contribution in [1.82, 2.24) is 10.5 Å². The number of hydrogen-bond donors (Lipinski definition) is 1. The van der Waals surface area contributed by atoms with Gasteiger partial charge in [-0.1, -0.05) is 0 Å². The second kappa shape index (κ2) is 7.11. The fraction of sp³-hybridized carbons (Fsp3) is 0.294. The van der Waals surface area contributed by atoms with Gasteiger partial charge in [0, 0.05) is 18.5 Å². The summed E-state index contributed by atoms with van der Waals surface area (Å²) in [5.74, 6) is 1.95. The maximum absolute atomic E-state index is 5.70. The third-order valence-corrected chi connectivity index (χ3v) is 3.33. The van der Waals surface area contributed by atoms with Gasteiger partial charge in [-0.3, -0.25) is 4.98 Å². The van der Waals surface area contributed by atoms with Gasteiger partial charge in [0.1, 0.15) is 11.5 Å². The molecule has 1 atom stereocenters. The van der Waals surface area contributed by atoms with Crippen molar-refractivity contribution >= 4 is 5.90 Å². The standard InChI is InChI=1S/C17H19N3O3/c1-3-21-13-5-6-14(15(11-13)22-4-2)17-19-16(20-23-17)12-7-9-18-10-8-12/h5-11,16,20H,3-4H2,1-2H3. The number of aromatic nitrogens is 1. The van der Waals surface area contributed by atoms with Crippen molar-refractivity contribution in [2.75, 3.05) is 13.2 Å². The van der Waals surface area contributed by atoms with E-state index in [0.29, 0.717) is 24.9 Å². The Balaban J connectivity index is 1.89. The molecule has 23 heavy (non-hydrogen) atoms. The Bertz CT molecular complexity index is 689. The average Bonchev–Trinajstić information content (AvgIpc) is 3.06. The largest absolute Gasteiger partial charge is 0.494 e. The Hall–Kier alpha value is -2.60. The number of hydrogen-bond acceptors (Lipinski definition) is 6. The number of ether oxygens (including phenoxy) is 2. The number of nitrogens with zero attached hydrogens (tertiary/aromatic N) is 2. The van der Waals surface area contributed by atoms with Gasteiger partial charge in [-0.2, -0.15) is 0 Å². The van der Waals surface area contributed by atoms with Crippen LogP contribution in [0.5, 0.6) is 11.5 Å². The van der Waals surface area contributed by atoms with Crippen molar-refractivity contribution in [3.05, 3.63) is 53.9 Å². The highest BCUT2D eigenvalue weighted by Gasteiger charge is 2.24. The first-order valence-corrected chi connectivity index (χ1v) is 7.62. The molecule has 0 saturated heterocycles. The zero-order valence-corrected chi connectivity index (χ0v) is 13.2. The Kier molecular flexibility index (Phi) is 4.73. The molecule has 6 heteroatoms. The van der Waals surface area contributed by atoms with Crippen molar-refractivity contribution in [2.24, 2.45) is 4.99 Å². The highest BCUT2D eigenvalue weighted by molar-refractivity contribution is 5.97. The van der Waals surface area contributed by atoms with Crippen LogP contribution in [0.3, 0.4) is 0 Å². The Morgan fingerprint density at radius 1 is 1.09 bits per heavy atom. The van der Waals surface area contributed by atoms with Gasteiger partial charge < -0.3 is 14.3 Å². The lowest BCUT2D eigenvalue weighted by Crippen LogP contribution is -2.15. The van der Waals surface area contributed by atoms with Crippen LogP contribution in [0.1, 0.15) is 31.1 Å². The van der Waals surface area contributed by atoms with Crippen LogP contribution in [0.15, 0.2) is 47.7 Å². The third-order valence-electron chi connectivity index (χ3n) is 3.33. The first-order valence-electron chi connectivity index (χ1n) is 7.62. The van der Waals surface area contributed by atoms with Gasteiger partial charge in [0.05, 0.1) is 18.8 Å². The Morgan fingerprint density at radius 3 is 2.61 bits per heavy atom. The summed E-state index contributed by atoms with van der Waals surface area (Å²) >= 11 is 0. The Morgan fingerprint density at radius 2 is 1.87 bits per heavy atom. The summed E-state index contributed by atoms with van der Waals surface area (Å²) in [6, 6.07) is 9.43. The second-order valence-corrected chi connectivity index (χ2v) is 4.86. The van der Waals surface area contributed by atoms with Crippen LogP contribution in [0.2, 0.25) is 0 Å². The van der Waals surface area contributed by atoms with Gasteiger partial charge >= 0.3 is 0 Å². The van der Waals surface area contributed by atoms with Crippen LogP contribution >= 0.6 is 0 Å². The van der Waals surface area contributed by atoms with E-state index >= 15 is 0 Å². The monoisotopic (exact) mass is 313 g/mol. The minimum atomic E-state index is -0.256. The molecule has 1 N–H and O–H groups in total. The van der Waals surface area contributed by atoms with Crippen molar-refractivity contribution < 1.29 is 14.3 Å². The van der Waals surface area contributed by atoms with Crippen LogP contribution in [0.4, 0.5) is 0 Å². The molecule has 0 fully saturated rings. The van der Waals surface area contributed by atoms with E-state index < -0.39 is 0 Å². The normalized spacial score (nSPS) is 16.6. The molecule has 0 bridgehead atoms. The molecular formula is C17H19N3O3. The van der Waals surface area contributed by atoms with Gasteiger partial charge in [0.15, 0.2) is 6.17 Å². The maximum atomic E-state index is 5.70. The van der Waals surface area contributed by atoms with Gasteiger partial charge in [0.2, 0.25) is 5.90 Å². The first kappa shape index (κ1) is 15.3. The van der Waals surface area contributed by atoms with Crippen molar-refractivity contribution in [1.29, 1.82) is 0 Å². The SMILES string of the molecule is CCOc1ccc(C2=NC(c3ccncc3)NO2)c(OCC)c1. The van der Waals surface area contributed by atoms with Crippen molar-refractivity contribution in [3.8, 4) is 11.5 Å². The lowest BCUT2D eigenvalue weighted by Gasteiger charge is -2.11. The molecule has 6 nitrogen and oxygen atoms in total. The molecule has 0 saturated carbocycles. The molecule has 2 aromatic rings. The smallest absolute Gasteiger partial charge is 0.246 e. The van der Waals surface area contributed by atoms with E-state index in [1.165, 1.54) is 0 Å². The maximum Gasteiger partial charge on any atom is 0.246 e. The fourth-order valence-electron chi connectivity index (χ4n) is 2.31.